The summed E-state index contributed by atoms with van der Waals surface area (Å²) >= 11 is 0. The largest absolute Gasteiger partial charge is 0.496 e. The fourth-order valence-corrected chi connectivity index (χ4v) is 2.86. The highest BCUT2D eigenvalue weighted by molar-refractivity contribution is 5.33. The average molecular weight is 294 g/mol. The molecule has 1 rings (SSSR count). The van der Waals surface area contributed by atoms with Gasteiger partial charge in [0.05, 0.1) is 19.3 Å². The van der Waals surface area contributed by atoms with Crippen LogP contribution in [0.5, 0.6) is 5.75 Å². The smallest absolute Gasteiger partial charge is 0.122 e. The summed E-state index contributed by atoms with van der Waals surface area (Å²) in [7, 11) is 5.59. The van der Waals surface area contributed by atoms with Crippen molar-refractivity contribution in [2.24, 2.45) is 5.73 Å². The Hall–Kier alpha value is -1.10. The molecule has 0 aliphatic rings. The molecule has 0 bridgehead atoms. The molecule has 2 N–H and O–H groups in total. The molecule has 0 aliphatic carbocycles. The lowest BCUT2D eigenvalue weighted by molar-refractivity contribution is 0.00683. The van der Waals surface area contributed by atoms with E-state index in [1.165, 1.54) is 5.56 Å². The minimum Gasteiger partial charge on any atom is -0.496 e. The summed E-state index contributed by atoms with van der Waals surface area (Å²) in [5.74, 6) is 0.944. The maximum Gasteiger partial charge on any atom is 0.122 e. The van der Waals surface area contributed by atoms with Crippen molar-refractivity contribution < 1.29 is 9.47 Å². The number of hydrogen-bond donors (Lipinski definition) is 1. The van der Waals surface area contributed by atoms with E-state index in [4.69, 9.17) is 15.2 Å². The molecule has 0 saturated carbocycles. The first-order chi connectivity index (χ1) is 10.0. The lowest BCUT2D eigenvalue weighted by Crippen LogP contribution is -2.58. The van der Waals surface area contributed by atoms with Crippen LogP contribution in [0.2, 0.25) is 0 Å². The van der Waals surface area contributed by atoms with Crippen molar-refractivity contribution in [2.75, 3.05) is 34.4 Å². The Morgan fingerprint density at radius 3 is 2.48 bits per heavy atom. The van der Waals surface area contributed by atoms with Crippen LogP contribution in [-0.4, -0.2) is 50.9 Å². The molecule has 21 heavy (non-hydrogen) atoms. The Kier molecular flexibility index (Phi) is 7.15. The van der Waals surface area contributed by atoms with Crippen LogP contribution in [0.25, 0.3) is 0 Å². The van der Waals surface area contributed by atoms with E-state index in [1.54, 1.807) is 14.2 Å². The summed E-state index contributed by atoms with van der Waals surface area (Å²) in [6, 6.07) is 8.52. The van der Waals surface area contributed by atoms with Gasteiger partial charge in [-0.25, -0.2) is 0 Å². The Labute approximate surface area is 129 Å². The van der Waals surface area contributed by atoms with E-state index >= 15 is 0 Å². The average Bonchev–Trinajstić information content (AvgIpc) is 2.52. The molecule has 0 aromatic heterocycles. The third kappa shape index (κ3) is 4.19. The van der Waals surface area contributed by atoms with Crippen molar-refractivity contribution in [1.29, 1.82) is 0 Å². The lowest BCUT2D eigenvalue weighted by Gasteiger charge is -2.43. The van der Waals surface area contributed by atoms with Gasteiger partial charge in [0.15, 0.2) is 0 Å². The summed E-state index contributed by atoms with van der Waals surface area (Å²) in [5, 5.41) is 0. The quantitative estimate of drug-likeness (QED) is 0.759. The number of para-hydroxylation sites is 1. The summed E-state index contributed by atoms with van der Waals surface area (Å²) in [6.45, 7) is 5.62. The number of ether oxygens (including phenoxy) is 2. The van der Waals surface area contributed by atoms with Gasteiger partial charge < -0.3 is 15.2 Å². The van der Waals surface area contributed by atoms with Crippen LogP contribution < -0.4 is 10.5 Å². The highest BCUT2D eigenvalue weighted by Crippen LogP contribution is 2.25. The van der Waals surface area contributed by atoms with Crippen molar-refractivity contribution in [3.63, 3.8) is 0 Å². The van der Waals surface area contributed by atoms with Gasteiger partial charge in [0, 0.05) is 19.7 Å². The molecule has 0 radical (unpaired) electrons. The molecule has 1 aromatic rings. The molecule has 0 spiro atoms. The fraction of sp³-hybridized carbons (Fsp3) is 0.647. The molecule has 4 heteroatoms. The molecule has 1 aromatic carbocycles. The van der Waals surface area contributed by atoms with Gasteiger partial charge in [-0.3, -0.25) is 4.90 Å². The minimum atomic E-state index is -0.115. The van der Waals surface area contributed by atoms with Crippen LogP contribution in [-0.2, 0) is 11.2 Å². The Bertz CT molecular complexity index is 419. The fourth-order valence-electron chi connectivity index (χ4n) is 2.86. The summed E-state index contributed by atoms with van der Waals surface area (Å²) in [4.78, 5) is 2.35. The molecule has 0 amide bonds. The molecular formula is C17H30N2O2. The molecule has 4 nitrogen and oxygen atoms in total. The highest BCUT2D eigenvalue weighted by Gasteiger charge is 2.34. The number of nitrogens with zero attached hydrogens (tertiary/aromatic N) is 1. The van der Waals surface area contributed by atoms with E-state index in [0.29, 0.717) is 19.2 Å². The Balaban J connectivity index is 2.88. The van der Waals surface area contributed by atoms with Gasteiger partial charge in [0.2, 0.25) is 0 Å². The van der Waals surface area contributed by atoms with E-state index in [0.717, 1.165) is 18.6 Å². The second-order valence-corrected chi connectivity index (χ2v) is 5.69. The second kappa shape index (κ2) is 8.37. The molecular weight excluding hydrogens is 264 g/mol. The van der Waals surface area contributed by atoms with Crippen molar-refractivity contribution in [2.45, 2.75) is 38.3 Å². The summed E-state index contributed by atoms with van der Waals surface area (Å²) < 4.78 is 10.9. The van der Waals surface area contributed by atoms with E-state index < -0.39 is 0 Å². The first-order valence-corrected chi connectivity index (χ1v) is 7.58. The predicted molar refractivity (Wildman–Crippen MR) is 87.9 cm³/mol. The minimum absolute atomic E-state index is 0.115. The number of methoxy groups -OCH3 is 2. The zero-order chi connectivity index (χ0) is 15.9. The molecule has 2 atom stereocenters. The van der Waals surface area contributed by atoms with Crippen molar-refractivity contribution in [3.05, 3.63) is 29.8 Å². The number of likely N-dealkylation sites (N-methyl/N-ethyl adjacent to an activating group) is 1. The lowest BCUT2D eigenvalue weighted by atomic mass is 9.92. The molecule has 120 valence electrons. The Morgan fingerprint density at radius 2 is 1.95 bits per heavy atom. The third-order valence-corrected chi connectivity index (χ3v) is 4.57. The Morgan fingerprint density at radius 1 is 1.29 bits per heavy atom. The first kappa shape index (κ1) is 18.0. The van der Waals surface area contributed by atoms with Crippen LogP contribution in [0.1, 0.15) is 25.8 Å². The van der Waals surface area contributed by atoms with E-state index in [1.807, 2.05) is 12.1 Å². The van der Waals surface area contributed by atoms with Crippen molar-refractivity contribution >= 4 is 0 Å². The van der Waals surface area contributed by atoms with Crippen LogP contribution in [0.4, 0.5) is 0 Å². The molecule has 0 fully saturated rings. The van der Waals surface area contributed by atoms with Gasteiger partial charge >= 0.3 is 0 Å². The topological polar surface area (TPSA) is 47.7 Å². The van der Waals surface area contributed by atoms with Gasteiger partial charge in [-0.05, 0) is 38.4 Å². The van der Waals surface area contributed by atoms with E-state index in [9.17, 15) is 0 Å². The molecule has 0 heterocycles. The maximum atomic E-state index is 6.05. The van der Waals surface area contributed by atoms with Crippen LogP contribution in [0, 0.1) is 0 Å². The van der Waals surface area contributed by atoms with Crippen molar-refractivity contribution in [1.82, 2.24) is 4.90 Å². The van der Waals surface area contributed by atoms with Crippen LogP contribution >= 0.6 is 0 Å². The molecule has 0 aliphatic heterocycles. The molecule has 0 saturated heterocycles. The standard InChI is InChI=1S/C17H30N2O2/c1-6-17(12-18,13-20-4)19(3)14(2)11-15-9-7-8-10-16(15)21-5/h7-10,14H,6,11-13,18H2,1-5H3. The van der Waals surface area contributed by atoms with Gasteiger partial charge in [0.1, 0.15) is 5.75 Å². The maximum absolute atomic E-state index is 6.05. The third-order valence-electron chi connectivity index (χ3n) is 4.57. The summed E-state index contributed by atoms with van der Waals surface area (Å²) in [5.41, 5.74) is 7.15. The second-order valence-electron chi connectivity index (χ2n) is 5.69. The zero-order valence-electron chi connectivity index (χ0n) is 14.1. The zero-order valence-corrected chi connectivity index (χ0v) is 14.1. The van der Waals surface area contributed by atoms with Gasteiger partial charge in [0.25, 0.3) is 0 Å². The monoisotopic (exact) mass is 294 g/mol. The number of rotatable bonds is 9. The predicted octanol–water partition coefficient (Wildman–Crippen LogP) is 2.31. The van der Waals surface area contributed by atoms with Crippen LogP contribution in [0.3, 0.4) is 0 Å². The number of benzene rings is 1. The van der Waals surface area contributed by atoms with Crippen molar-refractivity contribution in [3.8, 4) is 5.75 Å². The van der Waals surface area contributed by atoms with E-state index in [-0.39, 0.29) is 5.54 Å². The van der Waals surface area contributed by atoms with Gasteiger partial charge in [-0.2, -0.15) is 0 Å². The van der Waals surface area contributed by atoms with E-state index in [2.05, 4.69) is 37.9 Å². The number of hydrogen-bond acceptors (Lipinski definition) is 4. The summed E-state index contributed by atoms with van der Waals surface area (Å²) in [6.07, 6.45) is 1.89. The number of nitrogens with two attached hydrogens (primary N) is 1. The van der Waals surface area contributed by atoms with Crippen LogP contribution in [0.15, 0.2) is 24.3 Å². The van der Waals surface area contributed by atoms with Gasteiger partial charge in [-0.1, -0.05) is 25.1 Å². The highest BCUT2D eigenvalue weighted by atomic mass is 16.5. The first-order valence-electron chi connectivity index (χ1n) is 7.58. The molecule has 2 unspecified atom stereocenters. The van der Waals surface area contributed by atoms with Gasteiger partial charge in [-0.15, -0.1) is 0 Å². The SMILES string of the molecule is CCC(CN)(COC)N(C)C(C)Cc1ccccc1OC. The normalized spacial score (nSPS) is 15.8.